The number of halogens is 3. The van der Waals surface area contributed by atoms with Crippen LogP contribution < -0.4 is 10.1 Å². The van der Waals surface area contributed by atoms with Gasteiger partial charge in [-0.3, -0.25) is 4.79 Å². The summed E-state index contributed by atoms with van der Waals surface area (Å²) in [5, 5.41) is 12.8. The Labute approximate surface area is 197 Å². The number of thioether (sulfide) groups is 1. The van der Waals surface area contributed by atoms with Crippen molar-refractivity contribution in [3.8, 4) is 5.75 Å². The Hall–Kier alpha value is -1.74. The zero-order valence-corrected chi connectivity index (χ0v) is 20.1. The fourth-order valence-corrected chi connectivity index (χ4v) is 4.05. The summed E-state index contributed by atoms with van der Waals surface area (Å²) in [5.74, 6) is 1.45. The van der Waals surface area contributed by atoms with Crippen LogP contribution in [0.25, 0.3) is 0 Å². The molecular formula is C20H19BrCl2N4O2S. The van der Waals surface area contributed by atoms with Crippen LogP contribution in [0.5, 0.6) is 5.75 Å². The number of aromatic nitrogens is 3. The number of hydrogen-bond donors (Lipinski definition) is 1. The van der Waals surface area contributed by atoms with Crippen molar-refractivity contribution in [2.24, 2.45) is 0 Å². The highest BCUT2D eigenvalue weighted by Gasteiger charge is 2.19. The molecule has 158 valence electrons. The lowest BCUT2D eigenvalue weighted by molar-refractivity contribution is -0.113. The number of carbonyl (C=O) groups is 1. The minimum absolute atomic E-state index is 0.176. The number of nitrogens with zero attached hydrogens (tertiary/aromatic N) is 3. The molecule has 0 radical (unpaired) electrons. The van der Waals surface area contributed by atoms with Gasteiger partial charge >= 0.3 is 0 Å². The molecule has 1 N–H and O–H groups in total. The highest BCUT2D eigenvalue weighted by molar-refractivity contribution is 9.10. The number of hydrogen-bond acceptors (Lipinski definition) is 5. The molecule has 1 atom stereocenters. The van der Waals surface area contributed by atoms with Crippen molar-refractivity contribution in [1.29, 1.82) is 0 Å². The largest absolute Gasteiger partial charge is 0.483 e. The van der Waals surface area contributed by atoms with Gasteiger partial charge in [-0.25, -0.2) is 0 Å². The number of nitrogens with one attached hydrogen (secondary N) is 1. The number of rotatable bonds is 8. The number of benzene rings is 2. The third kappa shape index (κ3) is 5.91. The second-order valence-electron chi connectivity index (χ2n) is 6.26. The van der Waals surface area contributed by atoms with Crippen LogP contribution in [0.4, 0.5) is 5.69 Å². The first kappa shape index (κ1) is 22.9. The number of carbonyl (C=O) groups excluding carboxylic acids is 1. The van der Waals surface area contributed by atoms with Crippen molar-refractivity contribution in [1.82, 2.24) is 14.8 Å². The first-order chi connectivity index (χ1) is 14.4. The van der Waals surface area contributed by atoms with E-state index in [9.17, 15) is 4.79 Å². The molecule has 10 heteroatoms. The van der Waals surface area contributed by atoms with Crippen LogP contribution in [0.15, 0.2) is 52.1 Å². The molecule has 0 aliphatic rings. The van der Waals surface area contributed by atoms with Gasteiger partial charge in [-0.05, 0) is 56.3 Å². The predicted molar refractivity (Wildman–Crippen MR) is 125 cm³/mol. The Morgan fingerprint density at radius 1 is 1.20 bits per heavy atom. The van der Waals surface area contributed by atoms with Gasteiger partial charge in [0.1, 0.15) is 5.75 Å². The SMILES string of the molecule is CCn1c(SCC(=O)Nc2ccc(Cl)c(Cl)c2)nnc1C(C)Oc1ccc(Br)cc1. The Kier molecular flexibility index (Phi) is 8.05. The van der Waals surface area contributed by atoms with E-state index < -0.39 is 0 Å². The van der Waals surface area contributed by atoms with E-state index in [1.165, 1.54) is 11.8 Å². The summed E-state index contributed by atoms with van der Waals surface area (Å²) < 4.78 is 8.91. The monoisotopic (exact) mass is 528 g/mol. The molecule has 0 aliphatic heterocycles. The lowest BCUT2D eigenvalue weighted by atomic mass is 10.3. The van der Waals surface area contributed by atoms with E-state index in [2.05, 4.69) is 31.4 Å². The zero-order valence-electron chi connectivity index (χ0n) is 16.2. The third-order valence-electron chi connectivity index (χ3n) is 4.09. The van der Waals surface area contributed by atoms with E-state index in [1.54, 1.807) is 18.2 Å². The van der Waals surface area contributed by atoms with Gasteiger partial charge in [0.2, 0.25) is 5.91 Å². The quantitative estimate of drug-likeness (QED) is 0.350. The average molecular weight is 530 g/mol. The smallest absolute Gasteiger partial charge is 0.234 e. The second kappa shape index (κ2) is 10.5. The van der Waals surface area contributed by atoms with Gasteiger partial charge in [0.05, 0.1) is 15.8 Å². The van der Waals surface area contributed by atoms with Gasteiger partial charge in [-0.15, -0.1) is 10.2 Å². The number of anilines is 1. The molecule has 30 heavy (non-hydrogen) atoms. The van der Waals surface area contributed by atoms with Gasteiger partial charge in [0, 0.05) is 16.7 Å². The molecule has 0 bridgehead atoms. The van der Waals surface area contributed by atoms with Crippen molar-refractivity contribution in [2.45, 2.75) is 31.7 Å². The summed E-state index contributed by atoms with van der Waals surface area (Å²) in [6.45, 7) is 4.58. The van der Waals surface area contributed by atoms with Crippen LogP contribution in [0, 0.1) is 0 Å². The van der Waals surface area contributed by atoms with Gasteiger partial charge in [0.25, 0.3) is 0 Å². The molecule has 0 spiro atoms. The number of amides is 1. The van der Waals surface area contributed by atoms with Crippen LogP contribution in [0.3, 0.4) is 0 Å². The molecule has 1 aromatic heterocycles. The van der Waals surface area contributed by atoms with Gasteiger partial charge < -0.3 is 14.6 Å². The minimum Gasteiger partial charge on any atom is -0.483 e. The predicted octanol–water partition coefficient (Wildman–Crippen LogP) is 6.24. The van der Waals surface area contributed by atoms with E-state index >= 15 is 0 Å². The Bertz CT molecular complexity index is 1030. The van der Waals surface area contributed by atoms with Crippen LogP contribution >= 0.6 is 50.9 Å². The molecular weight excluding hydrogens is 511 g/mol. The number of ether oxygens (including phenoxy) is 1. The van der Waals surface area contributed by atoms with Gasteiger partial charge in [0.15, 0.2) is 17.1 Å². The van der Waals surface area contributed by atoms with E-state index in [-0.39, 0.29) is 17.8 Å². The van der Waals surface area contributed by atoms with Crippen molar-refractivity contribution >= 4 is 62.5 Å². The van der Waals surface area contributed by atoms with Gasteiger partial charge in [-0.2, -0.15) is 0 Å². The van der Waals surface area contributed by atoms with Crippen LogP contribution in [-0.2, 0) is 11.3 Å². The molecule has 0 saturated carbocycles. The normalized spacial score (nSPS) is 11.9. The summed E-state index contributed by atoms with van der Waals surface area (Å²) >= 11 is 16.6. The maximum atomic E-state index is 12.3. The lowest BCUT2D eigenvalue weighted by Gasteiger charge is -2.15. The van der Waals surface area contributed by atoms with E-state index in [0.717, 1.165) is 10.2 Å². The van der Waals surface area contributed by atoms with Crippen LogP contribution in [-0.4, -0.2) is 26.4 Å². The summed E-state index contributed by atoms with van der Waals surface area (Å²) in [4.78, 5) is 12.3. The molecule has 0 saturated heterocycles. The second-order valence-corrected chi connectivity index (χ2v) is 8.94. The van der Waals surface area contributed by atoms with Crippen LogP contribution in [0.1, 0.15) is 25.8 Å². The van der Waals surface area contributed by atoms with Crippen LogP contribution in [0.2, 0.25) is 10.0 Å². The summed E-state index contributed by atoms with van der Waals surface area (Å²) in [7, 11) is 0. The summed E-state index contributed by atoms with van der Waals surface area (Å²) in [5.41, 5.74) is 0.587. The Balaban J connectivity index is 1.62. The Morgan fingerprint density at radius 2 is 1.93 bits per heavy atom. The van der Waals surface area contributed by atoms with E-state index in [0.29, 0.717) is 33.3 Å². The molecule has 0 aliphatic carbocycles. The van der Waals surface area contributed by atoms with E-state index in [1.807, 2.05) is 42.7 Å². The average Bonchev–Trinajstić information content (AvgIpc) is 3.14. The minimum atomic E-state index is -0.294. The fraction of sp³-hybridized carbons (Fsp3) is 0.250. The lowest BCUT2D eigenvalue weighted by Crippen LogP contribution is -2.15. The standard InChI is InChI=1S/C20H19BrCl2N4O2S/c1-3-27-19(12(2)29-15-7-4-13(21)5-8-15)25-26-20(27)30-11-18(28)24-14-6-9-16(22)17(23)10-14/h4-10,12H,3,11H2,1-2H3,(H,24,28). The van der Waals surface area contributed by atoms with Crippen molar-refractivity contribution < 1.29 is 9.53 Å². The first-order valence-electron chi connectivity index (χ1n) is 9.10. The highest BCUT2D eigenvalue weighted by atomic mass is 79.9. The van der Waals surface area contributed by atoms with Gasteiger partial charge in [-0.1, -0.05) is 50.9 Å². The first-order valence-corrected chi connectivity index (χ1v) is 11.6. The zero-order chi connectivity index (χ0) is 21.7. The summed E-state index contributed by atoms with van der Waals surface area (Å²) in [6, 6.07) is 12.6. The van der Waals surface area contributed by atoms with Crippen molar-refractivity contribution in [3.05, 3.63) is 62.8 Å². The molecule has 1 unspecified atom stereocenters. The van der Waals surface area contributed by atoms with E-state index in [4.69, 9.17) is 27.9 Å². The maximum absolute atomic E-state index is 12.3. The topological polar surface area (TPSA) is 69.0 Å². The molecule has 6 nitrogen and oxygen atoms in total. The van der Waals surface area contributed by atoms with Crippen molar-refractivity contribution in [2.75, 3.05) is 11.1 Å². The molecule has 1 heterocycles. The maximum Gasteiger partial charge on any atom is 0.234 e. The molecule has 1 amide bonds. The van der Waals surface area contributed by atoms with Crippen molar-refractivity contribution in [3.63, 3.8) is 0 Å². The highest BCUT2D eigenvalue weighted by Crippen LogP contribution is 2.27. The fourth-order valence-electron chi connectivity index (χ4n) is 2.68. The molecule has 3 rings (SSSR count). The third-order valence-corrected chi connectivity index (χ3v) is 6.32. The molecule has 2 aromatic carbocycles. The molecule has 0 fully saturated rings. The molecule has 3 aromatic rings. The summed E-state index contributed by atoms with van der Waals surface area (Å²) in [6.07, 6.45) is -0.294. The Morgan fingerprint density at radius 3 is 2.60 bits per heavy atom.